The molecule has 3 aromatic rings. The van der Waals surface area contributed by atoms with Gasteiger partial charge in [-0.15, -0.1) is 0 Å². The normalized spacial score (nSPS) is 10.4. The van der Waals surface area contributed by atoms with E-state index < -0.39 is 0 Å². The molecule has 5 heteroatoms. The second-order valence-corrected chi connectivity index (χ2v) is 6.29. The van der Waals surface area contributed by atoms with E-state index in [0.717, 1.165) is 5.56 Å². The lowest BCUT2D eigenvalue weighted by Gasteiger charge is -2.13. The molecule has 0 radical (unpaired) electrons. The Morgan fingerprint density at radius 1 is 0.828 bits per heavy atom. The van der Waals surface area contributed by atoms with Gasteiger partial charge in [0.25, 0.3) is 5.91 Å². The van der Waals surface area contributed by atoms with Gasteiger partial charge < -0.3 is 19.5 Å². The molecule has 0 spiro atoms. The largest absolute Gasteiger partial charge is 0.491 e. The average molecular weight is 391 g/mol. The van der Waals surface area contributed by atoms with Gasteiger partial charge in [0.05, 0.1) is 12.3 Å². The van der Waals surface area contributed by atoms with Crippen LogP contribution in [0.3, 0.4) is 0 Å². The van der Waals surface area contributed by atoms with E-state index >= 15 is 0 Å². The monoisotopic (exact) mass is 391 g/mol. The number of anilines is 1. The minimum atomic E-state index is -0.207. The first-order valence-electron chi connectivity index (χ1n) is 9.64. The molecule has 0 aliphatic rings. The number of carbonyl (C=O) groups excluding carboxylic acids is 1. The molecule has 0 aliphatic carbocycles. The summed E-state index contributed by atoms with van der Waals surface area (Å²) in [6.45, 7) is 4.06. The van der Waals surface area contributed by atoms with E-state index in [0.29, 0.717) is 49.2 Å². The molecule has 0 unspecified atom stereocenters. The zero-order valence-electron chi connectivity index (χ0n) is 16.5. The third kappa shape index (κ3) is 6.36. The van der Waals surface area contributed by atoms with Crippen molar-refractivity contribution in [2.45, 2.75) is 13.5 Å². The van der Waals surface area contributed by atoms with Crippen molar-refractivity contribution in [2.75, 3.05) is 25.1 Å². The van der Waals surface area contributed by atoms with Crippen molar-refractivity contribution in [2.24, 2.45) is 0 Å². The van der Waals surface area contributed by atoms with Crippen LogP contribution in [0.1, 0.15) is 22.8 Å². The Bertz CT molecular complexity index is 894. The molecular weight excluding hydrogens is 366 g/mol. The second-order valence-electron chi connectivity index (χ2n) is 6.29. The van der Waals surface area contributed by atoms with Crippen molar-refractivity contribution in [1.82, 2.24) is 0 Å². The van der Waals surface area contributed by atoms with Crippen molar-refractivity contribution in [3.63, 3.8) is 0 Å². The van der Waals surface area contributed by atoms with Gasteiger partial charge in [-0.1, -0.05) is 42.5 Å². The Balaban J connectivity index is 1.59. The van der Waals surface area contributed by atoms with E-state index in [1.807, 2.05) is 61.5 Å². The molecule has 3 rings (SSSR count). The Morgan fingerprint density at radius 3 is 2.31 bits per heavy atom. The Labute approximate surface area is 171 Å². The fourth-order valence-corrected chi connectivity index (χ4v) is 2.69. The molecule has 0 saturated carbocycles. The van der Waals surface area contributed by atoms with Crippen LogP contribution >= 0.6 is 0 Å². The predicted molar refractivity (Wildman–Crippen MR) is 114 cm³/mol. The van der Waals surface area contributed by atoms with Gasteiger partial charge in [0.1, 0.15) is 24.7 Å². The van der Waals surface area contributed by atoms with Crippen molar-refractivity contribution in [3.8, 4) is 11.5 Å². The predicted octanol–water partition coefficient (Wildman–Crippen LogP) is 4.93. The van der Waals surface area contributed by atoms with Crippen LogP contribution in [0, 0.1) is 0 Å². The first-order chi connectivity index (χ1) is 14.3. The molecule has 0 aliphatic heterocycles. The highest BCUT2D eigenvalue weighted by atomic mass is 16.5. The zero-order chi connectivity index (χ0) is 20.3. The molecule has 150 valence electrons. The molecule has 0 saturated heterocycles. The van der Waals surface area contributed by atoms with E-state index in [9.17, 15) is 4.79 Å². The van der Waals surface area contributed by atoms with Gasteiger partial charge in [-0.2, -0.15) is 0 Å². The smallest absolute Gasteiger partial charge is 0.255 e. The van der Waals surface area contributed by atoms with Gasteiger partial charge in [-0.3, -0.25) is 4.79 Å². The third-order valence-corrected chi connectivity index (χ3v) is 4.19. The summed E-state index contributed by atoms with van der Waals surface area (Å²) in [4.78, 5) is 12.6. The third-order valence-electron chi connectivity index (χ3n) is 4.19. The molecule has 0 fully saturated rings. The van der Waals surface area contributed by atoms with Gasteiger partial charge in [0, 0.05) is 12.2 Å². The van der Waals surface area contributed by atoms with E-state index in [1.165, 1.54) is 0 Å². The van der Waals surface area contributed by atoms with Gasteiger partial charge in [0.15, 0.2) is 0 Å². The summed E-state index contributed by atoms with van der Waals surface area (Å²) >= 11 is 0. The maximum atomic E-state index is 12.6. The van der Waals surface area contributed by atoms with E-state index in [1.54, 1.807) is 24.3 Å². The van der Waals surface area contributed by atoms with Gasteiger partial charge in [0.2, 0.25) is 0 Å². The van der Waals surface area contributed by atoms with Crippen LogP contribution in [0.2, 0.25) is 0 Å². The van der Waals surface area contributed by atoms with E-state index in [2.05, 4.69) is 5.32 Å². The first kappa shape index (κ1) is 20.4. The fourth-order valence-electron chi connectivity index (χ4n) is 2.69. The highest BCUT2D eigenvalue weighted by molar-refractivity contribution is 6.05. The fraction of sp³-hybridized carbons (Fsp3) is 0.208. The van der Waals surface area contributed by atoms with Crippen LogP contribution in [0.15, 0.2) is 78.9 Å². The highest BCUT2D eigenvalue weighted by Gasteiger charge is 2.10. The number of amides is 1. The summed E-state index contributed by atoms with van der Waals surface area (Å²) in [5.41, 5.74) is 2.24. The van der Waals surface area contributed by atoms with Crippen LogP contribution < -0.4 is 14.8 Å². The summed E-state index contributed by atoms with van der Waals surface area (Å²) in [5.74, 6) is 1.12. The lowest BCUT2D eigenvalue weighted by Crippen LogP contribution is -2.13. The molecule has 1 N–H and O–H groups in total. The number of hydrogen-bond acceptors (Lipinski definition) is 4. The van der Waals surface area contributed by atoms with Crippen molar-refractivity contribution < 1.29 is 19.0 Å². The second kappa shape index (κ2) is 10.9. The van der Waals surface area contributed by atoms with Gasteiger partial charge in [-0.05, 0) is 48.9 Å². The molecule has 0 aromatic heterocycles. The van der Waals surface area contributed by atoms with Crippen LogP contribution in [-0.4, -0.2) is 25.7 Å². The van der Waals surface area contributed by atoms with Crippen LogP contribution in [0.5, 0.6) is 11.5 Å². The van der Waals surface area contributed by atoms with Crippen molar-refractivity contribution in [1.29, 1.82) is 0 Å². The van der Waals surface area contributed by atoms with Crippen molar-refractivity contribution in [3.05, 3.63) is 90.0 Å². The molecule has 5 nitrogen and oxygen atoms in total. The molecule has 0 atom stereocenters. The molecule has 29 heavy (non-hydrogen) atoms. The molecule has 3 aromatic carbocycles. The number of rotatable bonds is 10. The number of para-hydroxylation sites is 2. The molecule has 0 heterocycles. The van der Waals surface area contributed by atoms with Crippen LogP contribution in [-0.2, 0) is 11.3 Å². The summed E-state index contributed by atoms with van der Waals surface area (Å²) in [6, 6.07) is 24.3. The molecule has 1 amide bonds. The molecule has 0 bridgehead atoms. The first-order valence-corrected chi connectivity index (χ1v) is 9.64. The Kier molecular flexibility index (Phi) is 7.66. The molecular formula is C24H25NO4. The zero-order valence-corrected chi connectivity index (χ0v) is 16.5. The number of ether oxygens (including phenoxy) is 3. The number of carbonyl (C=O) groups is 1. The average Bonchev–Trinajstić information content (AvgIpc) is 2.77. The summed E-state index contributed by atoms with van der Waals surface area (Å²) in [7, 11) is 0. The quantitative estimate of drug-likeness (QED) is 0.498. The number of hydrogen-bond donors (Lipinski definition) is 1. The summed E-state index contributed by atoms with van der Waals surface area (Å²) < 4.78 is 16.7. The van der Waals surface area contributed by atoms with Gasteiger partial charge in [-0.25, -0.2) is 0 Å². The topological polar surface area (TPSA) is 56.8 Å². The number of benzene rings is 3. The highest BCUT2D eigenvalue weighted by Crippen LogP contribution is 2.25. The van der Waals surface area contributed by atoms with Crippen LogP contribution in [0.25, 0.3) is 0 Å². The Hall–Kier alpha value is -3.31. The van der Waals surface area contributed by atoms with Crippen LogP contribution in [0.4, 0.5) is 5.69 Å². The lowest BCUT2D eigenvalue weighted by molar-refractivity contribution is 0.102. The standard InChI is InChI=1S/C24H25NO4/c1-2-27-16-17-28-21-14-12-20(13-15-21)24(26)25-22-10-6-7-11-23(22)29-18-19-8-4-3-5-9-19/h3-15H,2,16-18H2,1H3,(H,25,26). The Morgan fingerprint density at radius 2 is 1.55 bits per heavy atom. The SMILES string of the molecule is CCOCCOc1ccc(C(=O)Nc2ccccc2OCc2ccccc2)cc1. The minimum absolute atomic E-state index is 0.207. The maximum absolute atomic E-state index is 12.6. The van der Waals surface area contributed by atoms with E-state index in [-0.39, 0.29) is 5.91 Å². The van der Waals surface area contributed by atoms with Gasteiger partial charge >= 0.3 is 0 Å². The summed E-state index contributed by atoms with van der Waals surface area (Å²) in [5, 5.41) is 2.92. The van der Waals surface area contributed by atoms with E-state index in [4.69, 9.17) is 14.2 Å². The lowest BCUT2D eigenvalue weighted by atomic mass is 10.2. The number of nitrogens with one attached hydrogen (secondary N) is 1. The maximum Gasteiger partial charge on any atom is 0.255 e. The van der Waals surface area contributed by atoms with Crippen molar-refractivity contribution >= 4 is 11.6 Å². The minimum Gasteiger partial charge on any atom is -0.491 e. The summed E-state index contributed by atoms with van der Waals surface area (Å²) in [6.07, 6.45) is 0.